The molecule has 2 heterocycles. The Morgan fingerprint density at radius 1 is 1.16 bits per heavy atom. The van der Waals surface area contributed by atoms with Gasteiger partial charge in [0.25, 0.3) is 0 Å². The number of nitrogens with one attached hydrogen (secondary N) is 1. The van der Waals surface area contributed by atoms with Crippen LogP contribution in [0.1, 0.15) is 47.9 Å². The maximum absolute atomic E-state index is 12.6. The molecule has 0 spiro atoms. The Morgan fingerprint density at radius 2 is 1.92 bits per heavy atom. The number of benzene rings is 2. The van der Waals surface area contributed by atoms with Gasteiger partial charge in [-0.1, -0.05) is 42.3 Å². The molecular weight excluding hydrogens is 478 g/mol. The lowest BCUT2D eigenvalue weighted by Crippen LogP contribution is -2.31. The van der Waals surface area contributed by atoms with E-state index in [9.17, 15) is 18.7 Å². The van der Waals surface area contributed by atoms with Gasteiger partial charge in [0, 0.05) is 12.6 Å². The first kappa shape index (κ1) is 24.7. The van der Waals surface area contributed by atoms with Crippen LogP contribution in [0.4, 0.5) is 14.6 Å². The molecule has 4 aromatic rings. The average molecular weight is 507 g/mol. The lowest BCUT2D eigenvalue weighted by Gasteiger charge is -2.32. The van der Waals surface area contributed by atoms with Crippen molar-refractivity contribution in [2.45, 2.75) is 52.3 Å². The van der Waals surface area contributed by atoms with Crippen LogP contribution < -0.4 is 10.1 Å². The van der Waals surface area contributed by atoms with Gasteiger partial charge in [-0.15, -0.1) is 0 Å². The molecule has 0 bridgehead atoms. The van der Waals surface area contributed by atoms with E-state index in [1.807, 2.05) is 31.2 Å². The van der Waals surface area contributed by atoms with Crippen molar-refractivity contribution in [3.63, 3.8) is 0 Å². The molecule has 0 aliphatic heterocycles. The molecule has 5 rings (SSSR count). The van der Waals surface area contributed by atoms with Crippen molar-refractivity contribution in [3.8, 4) is 17.0 Å². The number of ether oxygens (including phenoxy) is 1. The van der Waals surface area contributed by atoms with Gasteiger partial charge in [-0.2, -0.15) is 8.78 Å². The summed E-state index contributed by atoms with van der Waals surface area (Å²) in [7, 11) is 0. The number of aromatic carboxylic acids is 1. The third-order valence-corrected chi connectivity index (χ3v) is 6.96. The van der Waals surface area contributed by atoms with E-state index in [0.717, 1.165) is 35.2 Å². The Hall–Kier alpha value is -4.01. The number of carboxylic acids is 1. The molecule has 1 aliphatic carbocycles. The minimum absolute atomic E-state index is 0.0844. The Kier molecular flexibility index (Phi) is 6.78. The number of aromatic nitrogens is 3. The summed E-state index contributed by atoms with van der Waals surface area (Å²) in [6.07, 6.45) is 3.43. The first-order valence-electron chi connectivity index (χ1n) is 12.3. The van der Waals surface area contributed by atoms with Gasteiger partial charge in [0.15, 0.2) is 5.82 Å². The van der Waals surface area contributed by atoms with Gasteiger partial charge in [0.05, 0.1) is 11.2 Å². The SMILES string of the molecule is Cc1cccc(-c2cc3nc(C(=O)O)nc(N[C@H](C)C4CCC4)c3n2Cc2ccc(OC(F)F)cc2)c1. The van der Waals surface area contributed by atoms with Crippen molar-refractivity contribution in [2.75, 3.05) is 5.32 Å². The number of hydrogen-bond donors (Lipinski definition) is 2. The fraction of sp³-hybridized carbons (Fsp3) is 0.321. The molecule has 37 heavy (non-hydrogen) atoms. The summed E-state index contributed by atoms with van der Waals surface area (Å²) in [5.74, 6) is -0.405. The second-order valence-electron chi connectivity index (χ2n) is 9.57. The zero-order valence-corrected chi connectivity index (χ0v) is 20.6. The van der Waals surface area contributed by atoms with Gasteiger partial charge in [0.2, 0.25) is 5.82 Å². The molecule has 1 saturated carbocycles. The average Bonchev–Trinajstić information content (AvgIpc) is 3.17. The quantitative estimate of drug-likeness (QED) is 0.275. The number of carboxylic acid groups (broad SMARTS) is 1. The van der Waals surface area contributed by atoms with E-state index in [4.69, 9.17) is 0 Å². The van der Waals surface area contributed by atoms with Gasteiger partial charge in [-0.25, -0.2) is 14.8 Å². The van der Waals surface area contributed by atoms with E-state index in [-0.39, 0.29) is 17.6 Å². The second kappa shape index (κ2) is 10.2. The third kappa shape index (κ3) is 5.26. The molecule has 0 amide bonds. The lowest BCUT2D eigenvalue weighted by molar-refractivity contribution is -0.0498. The summed E-state index contributed by atoms with van der Waals surface area (Å²) < 4.78 is 31.8. The molecule has 1 aliphatic rings. The molecule has 0 radical (unpaired) electrons. The molecule has 7 nitrogen and oxygen atoms in total. The fourth-order valence-electron chi connectivity index (χ4n) is 4.80. The molecular formula is C28H28F2N4O3. The fourth-order valence-corrected chi connectivity index (χ4v) is 4.80. The van der Waals surface area contributed by atoms with Crippen LogP contribution in [0.5, 0.6) is 5.75 Å². The van der Waals surface area contributed by atoms with Gasteiger partial charge >= 0.3 is 12.6 Å². The normalized spacial score (nSPS) is 14.5. The summed E-state index contributed by atoms with van der Waals surface area (Å²) >= 11 is 0. The molecule has 0 unspecified atom stereocenters. The van der Waals surface area contributed by atoms with Crippen molar-refractivity contribution in [1.29, 1.82) is 0 Å². The second-order valence-corrected chi connectivity index (χ2v) is 9.57. The summed E-state index contributed by atoms with van der Waals surface area (Å²) in [5, 5.41) is 13.2. The van der Waals surface area contributed by atoms with Crippen LogP contribution in [0.3, 0.4) is 0 Å². The Bertz CT molecular complexity index is 1430. The smallest absolute Gasteiger partial charge is 0.387 e. The zero-order valence-electron chi connectivity index (χ0n) is 20.6. The van der Waals surface area contributed by atoms with Gasteiger partial charge in [-0.05, 0) is 68.0 Å². The number of aryl methyl sites for hydroxylation is 1. The predicted molar refractivity (Wildman–Crippen MR) is 137 cm³/mol. The van der Waals surface area contributed by atoms with Crippen LogP contribution >= 0.6 is 0 Å². The minimum atomic E-state index is -2.89. The van der Waals surface area contributed by atoms with Crippen LogP contribution in [0, 0.1) is 12.8 Å². The number of nitrogens with zero attached hydrogens (tertiary/aromatic N) is 3. The molecule has 2 N–H and O–H groups in total. The molecule has 2 aromatic heterocycles. The zero-order chi connectivity index (χ0) is 26.1. The van der Waals surface area contributed by atoms with Gasteiger partial charge in [-0.3, -0.25) is 0 Å². The van der Waals surface area contributed by atoms with Crippen LogP contribution in [-0.4, -0.2) is 38.3 Å². The maximum Gasteiger partial charge on any atom is 0.387 e. The van der Waals surface area contributed by atoms with E-state index in [1.165, 1.54) is 18.6 Å². The van der Waals surface area contributed by atoms with Gasteiger partial charge < -0.3 is 19.7 Å². The van der Waals surface area contributed by atoms with Crippen LogP contribution in [0.2, 0.25) is 0 Å². The number of halogens is 2. The highest BCUT2D eigenvalue weighted by Gasteiger charge is 2.27. The number of rotatable bonds is 9. The molecule has 1 atom stereocenters. The van der Waals surface area contributed by atoms with Crippen molar-refractivity contribution in [1.82, 2.24) is 14.5 Å². The molecule has 2 aromatic carbocycles. The summed E-state index contributed by atoms with van der Waals surface area (Å²) in [6.45, 7) is 1.60. The summed E-state index contributed by atoms with van der Waals surface area (Å²) in [4.78, 5) is 20.6. The van der Waals surface area contributed by atoms with Crippen LogP contribution in [-0.2, 0) is 6.54 Å². The van der Waals surface area contributed by atoms with E-state index in [1.54, 1.807) is 12.1 Å². The van der Waals surface area contributed by atoms with Crippen molar-refractivity contribution < 1.29 is 23.4 Å². The van der Waals surface area contributed by atoms with Crippen molar-refractivity contribution >= 4 is 22.8 Å². The highest BCUT2D eigenvalue weighted by atomic mass is 19.3. The lowest BCUT2D eigenvalue weighted by atomic mass is 9.80. The van der Waals surface area contributed by atoms with E-state index < -0.39 is 12.6 Å². The number of alkyl halides is 2. The topological polar surface area (TPSA) is 89.3 Å². The summed E-state index contributed by atoms with van der Waals surface area (Å²) in [6, 6.07) is 16.5. The highest BCUT2D eigenvalue weighted by Crippen LogP contribution is 2.35. The van der Waals surface area contributed by atoms with E-state index >= 15 is 0 Å². The Balaban J connectivity index is 1.65. The monoisotopic (exact) mass is 506 g/mol. The minimum Gasteiger partial charge on any atom is -0.475 e. The molecule has 0 saturated heterocycles. The molecule has 9 heteroatoms. The van der Waals surface area contributed by atoms with Crippen molar-refractivity contribution in [2.24, 2.45) is 5.92 Å². The Labute approximate surface area is 213 Å². The van der Waals surface area contributed by atoms with Crippen molar-refractivity contribution in [3.05, 3.63) is 71.5 Å². The highest BCUT2D eigenvalue weighted by molar-refractivity contribution is 5.95. The predicted octanol–water partition coefficient (Wildman–Crippen LogP) is 6.36. The first-order chi connectivity index (χ1) is 17.8. The van der Waals surface area contributed by atoms with Gasteiger partial charge in [0.1, 0.15) is 11.3 Å². The molecule has 1 fully saturated rings. The van der Waals surface area contributed by atoms with Crippen LogP contribution in [0.15, 0.2) is 54.6 Å². The number of anilines is 1. The standard InChI is InChI=1S/C28H28F2N4O3/c1-16-5-3-8-20(13-16)23-14-22-24(34(23)15-18-9-11-21(12-10-18)37-28(29)30)25(33-26(32-22)27(35)36)31-17(2)19-6-4-7-19/h3,5,8-14,17,19,28H,4,6-7,15H2,1-2H3,(H,35,36)(H,31,32,33)/t17-/m1/s1. The first-order valence-corrected chi connectivity index (χ1v) is 12.3. The Morgan fingerprint density at radius 3 is 2.54 bits per heavy atom. The third-order valence-electron chi connectivity index (χ3n) is 6.96. The molecule has 192 valence electrons. The number of carbonyl (C=O) groups is 1. The number of fused-ring (bicyclic) bond motifs is 1. The van der Waals surface area contributed by atoms with Crippen LogP contribution in [0.25, 0.3) is 22.3 Å². The summed E-state index contributed by atoms with van der Waals surface area (Å²) in [5.41, 5.74) is 4.95. The van der Waals surface area contributed by atoms with E-state index in [0.29, 0.717) is 29.3 Å². The van der Waals surface area contributed by atoms with E-state index in [2.05, 4.69) is 37.6 Å². The largest absolute Gasteiger partial charge is 0.475 e. The maximum atomic E-state index is 12.6. The number of hydrogen-bond acceptors (Lipinski definition) is 5.